The maximum atomic E-state index is 12.4. The highest BCUT2D eigenvalue weighted by Crippen LogP contribution is 2.24. The van der Waals surface area contributed by atoms with Crippen molar-refractivity contribution in [1.82, 2.24) is 0 Å². The van der Waals surface area contributed by atoms with Crippen molar-refractivity contribution >= 4 is 16.6 Å². The fourth-order valence-corrected chi connectivity index (χ4v) is 2.60. The molecular formula is C17H16O2. The normalized spacial score (nSPS) is 19.2. The van der Waals surface area contributed by atoms with Crippen LogP contribution in [0.1, 0.15) is 29.6 Å². The second-order valence-electron chi connectivity index (χ2n) is 5.00. The third kappa shape index (κ3) is 2.32. The van der Waals surface area contributed by atoms with Crippen molar-refractivity contribution in [3.63, 3.8) is 0 Å². The molecule has 0 aliphatic heterocycles. The van der Waals surface area contributed by atoms with Gasteiger partial charge >= 0.3 is 0 Å². The second kappa shape index (κ2) is 4.98. The predicted molar refractivity (Wildman–Crippen MR) is 76.2 cm³/mol. The van der Waals surface area contributed by atoms with Crippen LogP contribution in [0.2, 0.25) is 0 Å². The van der Waals surface area contributed by atoms with Crippen molar-refractivity contribution < 1.29 is 9.90 Å². The SMILES string of the molecule is O=C(C1=CCCC[C@@H]1O)c1ccc2ccccc2c1. The summed E-state index contributed by atoms with van der Waals surface area (Å²) in [6.07, 6.45) is 3.80. The van der Waals surface area contributed by atoms with Gasteiger partial charge in [0.05, 0.1) is 6.10 Å². The van der Waals surface area contributed by atoms with Gasteiger partial charge < -0.3 is 5.11 Å². The van der Waals surface area contributed by atoms with Crippen LogP contribution in [0.25, 0.3) is 10.8 Å². The molecule has 0 heterocycles. The van der Waals surface area contributed by atoms with Gasteiger partial charge in [0.15, 0.2) is 5.78 Å². The highest BCUT2D eigenvalue weighted by Gasteiger charge is 2.22. The summed E-state index contributed by atoms with van der Waals surface area (Å²) in [4.78, 5) is 12.4. The molecule has 2 nitrogen and oxygen atoms in total. The summed E-state index contributed by atoms with van der Waals surface area (Å²) in [5.41, 5.74) is 1.22. The van der Waals surface area contributed by atoms with Gasteiger partial charge in [0.1, 0.15) is 0 Å². The van der Waals surface area contributed by atoms with Crippen LogP contribution in [0.4, 0.5) is 0 Å². The fourth-order valence-electron chi connectivity index (χ4n) is 2.60. The van der Waals surface area contributed by atoms with Gasteiger partial charge in [-0.2, -0.15) is 0 Å². The summed E-state index contributed by atoms with van der Waals surface area (Å²) >= 11 is 0. The Hall–Kier alpha value is -1.93. The first-order valence-electron chi connectivity index (χ1n) is 6.67. The summed E-state index contributed by atoms with van der Waals surface area (Å²) in [6.45, 7) is 0. The smallest absolute Gasteiger partial charge is 0.191 e. The fraction of sp³-hybridized carbons (Fsp3) is 0.235. The number of rotatable bonds is 2. The molecule has 19 heavy (non-hydrogen) atoms. The molecule has 1 aliphatic carbocycles. The molecule has 1 N–H and O–H groups in total. The van der Waals surface area contributed by atoms with Gasteiger partial charge in [0, 0.05) is 11.1 Å². The number of carbonyl (C=O) groups is 1. The third-order valence-electron chi connectivity index (χ3n) is 3.68. The number of Topliss-reactive ketones (excluding diaryl/α,β-unsaturated/α-hetero) is 1. The van der Waals surface area contributed by atoms with E-state index < -0.39 is 6.10 Å². The van der Waals surface area contributed by atoms with E-state index in [0.717, 1.165) is 23.6 Å². The summed E-state index contributed by atoms with van der Waals surface area (Å²) in [7, 11) is 0. The molecule has 1 atom stereocenters. The molecule has 0 unspecified atom stereocenters. The summed E-state index contributed by atoms with van der Waals surface area (Å²) in [6, 6.07) is 13.7. The zero-order valence-corrected chi connectivity index (χ0v) is 10.7. The molecule has 0 radical (unpaired) electrons. The quantitative estimate of drug-likeness (QED) is 0.831. The van der Waals surface area contributed by atoms with E-state index in [9.17, 15) is 9.90 Å². The van der Waals surface area contributed by atoms with Crippen molar-refractivity contribution in [3.05, 3.63) is 59.7 Å². The Kier molecular flexibility index (Phi) is 3.18. The minimum Gasteiger partial charge on any atom is -0.388 e. The lowest BCUT2D eigenvalue weighted by molar-refractivity contribution is 0.0975. The van der Waals surface area contributed by atoms with Gasteiger partial charge in [0.2, 0.25) is 0 Å². The number of fused-ring (bicyclic) bond motifs is 1. The van der Waals surface area contributed by atoms with E-state index >= 15 is 0 Å². The Morgan fingerprint density at radius 3 is 2.68 bits per heavy atom. The lowest BCUT2D eigenvalue weighted by Gasteiger charge is -2.18. The molecule has 0 fully saturated rings. The monoisotopic (exact) mass is 252 g/mol. The number of ketones is 1. The Labute approximate surface area is 112 Å². The predicted octanol–water partition coefficient (Wildman–Crippen LogP) is 3.49. The van der Waals surface area contributed by atoms with Gasteiger partial charge in [-0.15, -0.1) is 0 Å². The van der Waals surface area contributed by atoms with E-state index in [-0.39, 0.29) is 5.78 Å². The molecule has 0 saturated heterocycles. The second-order valence-corrected chi connectivity index (χ2v) is 5.00. The van der Waals surface area contributed by atoms with Crippen LogP contribution in [0, 0.1) is 0 Å². The maximum Gasteiger partial charge on any atom is 0.191 e. The number of benzene rings is 2. The van der Waals surface area contributed by atoms with Crippen LogP contribution in [0.5, 0.6) is 0 Å². The van der Waals surface area contributed by atoms with Crippen molar-refractivity contribution in [3.8, 4) is 0 Å². The highest BCUT2D eigenvalue weighted by molar-refractivity contribution is 6.11. The molecule has 3 rings (SSSR count). The maximum absolute atomic E-state index is 12.4. The average Bonchev–Trinajstić information content (AvgIpc) is 2.46. The largest absolute Gasteiger partial charge is 0.388 e. The minimum absolute atomic E-state index is 0.0436. The first-order chi connectivity index (χ1) is 9.25. The lowest BCUT2D eigenvalue weighted by atomic mass is 9.90. The topological polar surface area (TPSA) is 37.3 Å². The van der Waals surface area contributed by atoms with Crippen molar-refractivity contribution in [2.45, 2.75) is 25.4 Å². The Morgan fingerprint density at radius 2 is 1.89 bits per heavy atom. The van der Waals surface area contributed by atoms with E-state index in [1.54, 1.807) is 0 Å². The van der Waals surface area contributed by atoms with Crippen LogP contribution < -0.4 is 0 Å². The minimum atomic E-state index is -0.604. The summed E-state index contributed by atoms with van der Waals surface area (Å²) in [5.74, 6) is -0.0436. The van der Waals surface area contributed by atoms with E-state index in [4.69, 9.17) is 0 Å². The van der Waals surface area contributed by atoms with Gasteiger partial charge in [-0.1, -0.05) is 42.5 Å². The van der Waals surface area contributed by atoms with Crippen molar-refractivity contribution in [1.29, 1.82) is 0 Å². The first kappa shape index (κ1) is 12.1. The first-order valence-corrected chi connectivity index (χ1v) is 6.67. The van der Waals surface area contributed by atoms with E-state index in [2.05, 4.69) is 0 Å². The Bertz CT molecular complexity index is 655. The van der Waals surface area contributed by atoms with Gasteiger partial charge in [0.25, 0.3) is 0 Å². The number of aliphatic hydroxyl groups excluding tert-OH is 1. The van der Waals surface area contributed by atoms with E-state index in [0.29, 0.717) is 17.6 Å². The molecule has 2 aromatic rings. The average molecular weight is 252 g/mol. The summed E-state index contributed by atoms with van der Waals surface area (Å²) < 4.78 is 0. The van der Waals surface area contributed by atoms with Crippen molar-refractivity contribution in [2.75, 3.05) is 0 Å². The van der Waals surface area contributed by atoms with Gasteiger partial charge in [-0.3, -0.25) is 4.79 Å². The van der Waals surface area contributed by atoms with Crippen molar-refractivity contribution in [2.24, 2.45) is 0 Å². The highest BCUT2D eigenvalue weighted by atomic mass is 16.3. The van der Waals surface area contributed by atoms with E-state index in [1.807, 2.05) is 48.5 Å². The number of aliphatic hydroxyl groups is 1. The van der Waals surface area contributed by atoms with Gasteiger partial charge in [-0.05, 0) is 36.1 Å². The molecule has 0 bridgehead atoms. The molecular weight excluding hydrogens is 236 g/mol. The van der Waals surface area contributed by atoms with E-state index in [1.165, 1.54) is 0 Å². The Morgan fingerprint density at radius 1 is 1.11 bits per heavy atom. The molecule has 0 spiro atoms. The summed E-state index contributed by atoms with van der Waals surface area (Å²) in [5, 5.41) is 12.1. The molecule has 1 aliphatic rings. The van der Waals surface area contributed by atoms with Gasteiger partial charge in [-0.25, -0.2) is 0 Å². The number of allylic oxidation sites excluding steroid dienone is 1. The molecule has 0 amide bonds. The molecule has 2 aromatic carbocycles. The zero-order valence-electron chi connectivity index (χ0n) is 10.7. The zero-order chi connectivity index (χ0) is 13.2. The van der Waals surface area contributed by atoms with Crippen LogP contribution in [-0.4, -0.2) is 17.0 Å². The standard InChI is InChI=1S/C17H16O2/c18-16-8-4-3-7-15(16)17(19)14-10-9-12-5-1-2-6-13(12)11-14/h1-2,5-7,9-11,16,18H,3-4,8H2/t16-/m0/s1. The number of hydrogen-bond acceptors (Lipinski definition) is 2. The molecule has 2 heteroatoms. The van der Waals surface area contributed by atoms with Crippen LogP contribution >= 0.6 is 0 Å². The number of hydrogen-bond donors (Lipinski definition) is 1. The third-order valence-corrected chi connectivity index (χ3v) is 3.68. The number of carbonyl (C=O) groups excluding carboxylic acids is 1. The molecule has 0 aromatic heterocycles. The Balaban J connectivity index is 1.99. The van der Waals surface area contributed by atoms with Crippen LogP contribution in [0.3, 0.4) is 0 Å². The van der Waals surface area contributed by atoms with Crippen LogP contribution in [0.15, 0.2) is 54.1 Å². The van der Waals surface area contributed by atoms with Crippen LogP contribution in [-0.2, 0) is 0 Å². The lowest BCUT2D eigenvalue weighted by Crippen LogP contribution is -2.20. The molecule has 0 saturated carbocycles. The molecule has 96 valence electrons.